The van der Waals surface area contributed by atoms with Gasteiger partial charge in [0.1, 0.15) is 0 Å². The van der Waals surface area contributed by atoms with Gasteiger partial charge in [0.25, 0.3) is 5.91 Å². The number of fused-ring (bicyclic) bond motifs is 5. The molecular weight excluding hydrogens is 396 g/mol. The van der Waals surface area contributed by atoms with Crippen LogP contribution in [0.4, 0.5) is 11.4 Å². The van der Waals surface area contributed by atoms with Crippen molar-refractivity contribution in [2.75, 3.05) is 10.2 Å². The standard InChI is InChI=1S/C24H22N2O5/c1-12-2-9-17(24(30)31)18(10-12)25-21(27)13-5-7-16(8-6-13)26-22(28)19-14-3-4-15(11-14)20(19)23(26)29/h2,5-10,14-15,19-20H,3-4,11H2,1H3,(H,25,27)(H,30,31)/t14-,15-,19-,20+/m0/s1. The normalized spacial score (nSPS) is 26.3. The fourth-order valence-corrected chi connectivity index (χ4v) is 5.57. The van der Waals surface area contributed by atoms with Crippen molar-refractivity contribution in [1.82, 2.24) is 0 Å². The third-order valence-electron chi connectivity index (χ3n) is 6.97. The summed E-state index contributed by atoms with van der Waals surface area (Å²) < 4.78 is 0. The molecule has 158 valence electrons. The van der Waals surface area contributed by atoms with Gasteiger partial charge in [-0.2, -0.15) is 0 Å². The molecule has 0 unspecified atom stereocenters. The molecule has 0 aromatic heterocycles. The van der Waals surface area contributed by atoms with Gasteiger partial charge in [0.15, 0.2) is 0 Å². The SMILES string of the molecule is Cc1ccc(C(=O)O)c(NC(=O)c2ccc(N3C(=O)[C@@H]4[C@H]5CC[C@@H](C5)[C@@H]4C3=O)cc2)c1. The molecule has 2 saturated carbocycles. The van der Waals surface area contributed by atoms with E-state index in [9.17, 15) is 24.3 Å². The molecule has 2 N–H and O–H groups in total. The van der Waals surface area contributed by atoms with Crippen LogP contribution in [0.15, 0.2) is 42.5 Å². The van der Waals surface area contributed by atoms with E-state index < -0.39 is 11.9 Å². The van der Waals surface area contributed by atoms with Crippen LogP contribution in [0.5, 0.6) is 0 Å². The number of nitrogens with one attached hydrogen (secondary N) is 1. The van der Waals surface area contributed by atoms with Gasteiger partial charge in [0.05, 0.1) is 28.8 Å². The molecular formula is C24H22N2O5. The lowest BCUT2D eigenvalue weighted by molar-refractivity contribution is -0.123. The number of carbonyl (C=O) groups excluding carboxylic acids is 3. The Kier molecular flexibility index (Phi) is 4.43. The van der Waals surface area contributed by atoms with E-state index in [4.69, 9.17) is 0 Å². The number of amides is 3. The molecule has 5 rings (SSSR count). The Morgan fingerprint density at radius 2 is 1.58 bits per heavy atom. The van der Waals surface area contributed by atoms with Crippen molar-refractivity contribution in [3.63, 3.8) is 0 Å². The van der Waals surface area contributed by atoms with Crippen molar-refractivity contribution in [3.8, 4) is 0 Å². The average Bonchev–Trinajstić information content (AvgIpc) is 3.42. The molecule has 3 amide bonds. The molecule has 3 fully saturated rings. The minimum Gasteiger partial charge on any atom is -0.478 e. The zero-order valence-electron chi connectivity index (χ0n) is 17.0. The number of carbonyl (C=O) groups is 4. The molecule has 1 saturated heterocycles. The highest BCUT2D eigenvalue weighted by atomic mass is 16.4. The summed E-state index contributed by atoms with van der Waals surface area (Å²) in [5, 5.41) is 12.0. The molecule has 0 spiro atoms. The third kappa shape index (κ3) is 3.03. The lowest BCUT2D eigenvalue weighted by Gasteiger charge is -2.19. The highest BCUT2D eigenvalue weighted by molar-refractivity contribution is 6.22. The summed E-state index contributed by atoms with van der Waals surface area (Å²) in [5.74, 6) is -1.58. The fraction of sp³-hybridized carbons (Fsp3) is 0.333. The van der Waals surface area contributed by atoms with E-state index in [1.54, 1.807) is 36.4 Å². The number of carboxylic acid groups (broad SMARTS) is 1. The van der Waals surface area contributed by atoms with Gasteiger partial charge in [0.2, 0.25) is 11.8 Å². The number of rotatable bonds is 4. The lowest BCUT2D eigenvalue weighted by atomic mass is 9.81. The Morgan fingerprint density at radius 1 is 0.968 bits per heavy atom. The van der Waals surface area contributed by atoms with Crippen LogP contribution >= 0.6 is 0 Å². The molecule has 2 aromatic rings. The monoisotopic (exact) mass is 418 g/mol. The highest BCUT2D eigenvalue weighted by Gasteiger charge is 2.61. The quantitative estimate of drug-likeness (QED) is 0.740. The predicted molar refractivity (Wildman–Crippen MR) is 113 cm³/mol. The van der Waals surface area contributed by atoms with Crippen molar-refractivity contribution in [2.45, 2.75) is 26.2 Å². The average molecular weight is 418 g/mol. The Morgan fingerprint density at radius 3 is 2.16 bits per heavy atom. The molecule has 4 atom stereocenters. The van der Waals surface area contributed by atoms with Gasteiger partial charge in [-0.3, -0.25) is 19.3 Å². The first-order chi connectivity index (χ1) is 14.8. The van der Waals surface area contributed by atoms with Gasteiger partial charge in [-0.1, -0.05) is 6.07 Å². The smallest absolute Gasteiger partial charge is 0.337 e. The maximum atomic E-state index is 13.0. The summed E-state index contributed by atoms with van der Waals surface area (Å²) in [7, 11) is 0. The van der Waals surface area contributed by atoms with Gasteiger partial charge < -0.3 is 10.4 Å². The first-order valence-corrected chi connectivity index (χ1v) is 10.5. The maximum absolute atomic E-state index is 13.0. The van der Waals surface area contributed by atoms with Gasteiger partial charge in [-0.15, -0.1) is 0 Å². The number of hydrogen-bond acceptors (Lipinski definition) is 4. The predicted octanol–water partition coefficient (Wildman–Crippen LogP) is 3.48. The highest BCUT2D eigenvalue weighted by Crippen LogP contribution is 2.56. The van der Waals surface area contributed by atoms with Crippen molar-refractivity contribution >= 4 is 35.1 Å². The van der Waals surface area contributed by atoms with Gasteiger partial charge >= 0.3 is 5.97 Å². The number of aromatic carboxylic acids is 1. The van der Waals surface area contributed by atoms with Crippen molar-refractivity contribution < 1.29 is 24.3 Å². The van der Waals surface area contributed by atoms with Crippen LogP contribution in [0, 0.1) is 30.6 Å². The summed E-state index contributed by atoms with van der Waals surface area (Å²) in [6, 6.07) is 11.0. The number of hydrogen-bond donors (Lipinski definition) is 2. The summed E-state index contributed by atoms with van der Waals surface area (Å²) in [5.41, 5.74) is 1.82. The second kappa shape index (κ2) is 7.04. The molecule has 1 aliphatic heterocycles. The molecule has 7 heteroatoms. The summed E-state index contributed by atoms with van der Waals surface area (Å²) >= 11 is 0. The number of nitrogens with zero attached hydrogens (tertiary/aromatic N) is 1. The van der Waals surface area contributed by atoms with Crippen LogP contribution in [0.2, 0.25) is 0 Å². The minimum absolute atomic E-state index is 0.00463. The summed E-state index contributed by atoms with van der Waals surface area (Å²) in [6.07, 6.45) is 3.03. The van der Waals surface area contributed by atoms with Crippen LogP contribution in [-0.2, 0) is 9.59 Å². The van der Waals surface area contributed by atoms with Crippen LogP contribution < -0.4 is 10.2 Å². The van der Waals surface area contributed by atoms with E-state index in [1.165, 1.54) is 11.0 Å². The Hall–Kier alpha value is -3.48. The first-order valence-electron chi connectivity index (χ1n) is 10.5. The van der Waals surface area contributed by atoms with Gasteiger partial charge in [-0.05, 0) is 80.0 Å². The number of benzene rings is 2. The number of anilines is 2. The Balaban J connectivity index is 1.36. The molecule has 1 heterocycles. The summed E-state index contributed by atoms with van der Waals surface area (Å²) in [4.78, 5) is 51.3. The zero-order valence-corrected chi connectivity index (χ0v) is 17.0. The third-order valence-corrected chi connectivity index (χ3v) is 6.97. The molecule has 2 bridgehead atoms. The van der Waals surface area contributed by atoms with Crippen molar-refractivity contribution in [2.24, 2.45) is 23.7 Å². The minimum atomic E-state index is -1.13. The largest absolute Gasteiger partial charge is 0.478 e. The van der Waals surface area contributed by atoms with Crippen LogP contribution in [-0.4, -0.2) is 28.8 Å². The number of aryl methyl sites for hydroxylation is 1. The van der Waals surface area contributed by atoms with E-state index in [2.05, 4.69) is 5.32 Å². The lowest BCUT2D eigenvalue weighted by Crippen LogP contribution is -2.32. The van der Waals surface area contributed by atoms with E-state index in [1.807, 2.05) is 6.92 Å². The Bertz CT molecular complexity index is 1100. The molecule has 31 heavy (non-hydrogen) atoms. The fourth-order valence-electron chi connectivity index (χ4n) is 5.57. The molecule has 3 aliphatic rings. The van der Waals surface area contributed by atoms with Crippen LogP contribution in [0.1, 0.15) is 45.5 Å². The van der Waals surface area contributed by atoms with E-state index in [-0.39, 0.29) is 34.9 Å². The van der Waals surface area contributed by atoms with Crippen molar-refractivity contribution in [1.29, 1.82) is 0 Å². The van der Waals surface area contributed by atoms with E-state index in [0.29, 0.717) is 23.1 Å². The summed E-state index contributed by atoms with van der Waals surface area (Å²) in [6.45, 7) is 1.81. The van der Waals surface area contributed by atoms with Gasteiger partial charge in [0, 0.05) is 5.56 Å². The van der Waals surface area contributed by atoms with Crippen LogP contribution in [0.3, 0.4) is 0 Å². The second-order valence-corrected chi connectivity index (χ2v) is 8.75. The number of imide groups is 1. The van der Waals surface area contributed by atoms with Crippen molar-refractivity contribution in [3.05, 3.63) is 59.2 Å². The van der Waals surface area contributed by atoms with E-state index >= 15 is 0 Å². The second-order valence-electron chi connectivity index (χ2n) is 8.75. The van der Waals surface area contributed by atoms with Crippen LogP contribution in [0.25, 0.3) is 0 Å². The molecule has 2 aliphatic carbocycles. The zero-order chi connectivity index (χ0) is 21.9. The van der Waals surface area contributed by atoms with E-state index in [0.717, 1.165) is 24.8 Å². The number of carboxylic acids is 1. The first kappa shape index (κ1) is 19.5. The maximum Gasteiger partial charge on any atom is 0.337 e. The molecule has 0 radical (unpaired) electrons. The topological polar surface area (TPSA) is 104 Å². The van der Waals surface area contributed by atoms with Gasteiger partial charge in [-0.25, -0.2) is 4.79 Å². The molecule has 7 nitrogen and oxygen atoms in total. The Labute approximate surface area is 179 Å². The molecule has 2 aromatic carbocycles.